The van der Waals surface area contributed by atoms with Crippen LogP contribution in [-0.2, 0) is 21.3 Å². The van der Waals surface area contributed by atoms with Crippen molar-refractivity contribution in [1.29, 1.82) is 0 Å². The molecule has 2 heterocycles. The number of ketones is 1. The Balaban J connectivity index is 1.77. The van der Waals surface area contributed by atoms with Crippen molar-refractivity contribution in [2.45, 2.75) is 31.3 Å². The van der Waals surface area contributed by atoms with E-state index in [4.69, 9.17) is 14.3 Å². The predicted octanol–water partition coefficient (Wildman–Crippen LogP) is 2.63. The summed E-state index contributed by atoms with van der Waals surface area (Å²) in [4.78, 5) is 37.5. The molecule has 3 rings (SSSR count). The molecule has 0 aliphatic carbocycles. The minimum atomic E-state index is -1.62. The summed E-state index contributed by atoms with van der Waals surface area (Å²) in [5.41, 5.74) is 0.860. The molecular weight excluding hydrogens is 398 g/mol. The normalized spacial score (nSPS) is 15.4. The second-order valence-corrected chi connectivity index (χ2v) is 8.38. The van der Waals surface area contributed by atoms with Crippen molar-refractivity contribution in [2.75, 3.05) is 18.1 Å². The summed E-state index contributed by atoms with van der Waals surface area (Å²) < 4.78 is 23.2. The summed E-state index contributed by atoms with van der Waals surface area (Å²) in [6.07, 6.45) is 0.755. The van der Waals surface area contributed by atoms with Crippen LogP contribution in [0, 0.1) is 0 Å². The Morgan fingerprint density at radius 1 is 1.28 bits per heavy atom. The fraction of sp³-hybridized carbons (Fsp3) is 0.350. The van der Waals surface area contributed by atoms with E-state index < -0.39 is 22.0 Å². The van der Waals surface area contributed by atoms with E-state index in [1.807, 2.05) is 6.92 Å². The molecule has 0 saturated carbocycles. The molecule has 0 bridgehead atoms. The van der Waals surface area contributed by atoms with Gasteiger partial charge < -0.3 is 19.2 Å². The number of amides is 1. The molecular formula is C20H21NO7S. The quantitative estimate of drug-likeness (QED) is 0.654. The first-order valence-corrected chi connectivity index (χ1v) is 10.5. The highest BCUT2D eigenvalue weighted by Crippen LogP contribution is 2.33. The van der Waals surface area contributed by atoms with Crippen LogP contribution in [0.1, 0.15) is 46.9 Å². The third-order valence-electron chi connectivity index (χ3n) is 4.55. The second kappa shape index (κ2) is 8.60. The van der Waals surface area contributed by atoms with Crippen molar-refractivity contribution >= 4 is 34.1 Å². The van der Waals surface area contributed by atoms with Gasteiger partial charge in [0.25, 0.3) is 5.91 Å². The summed E-state index contributed by atoms with van der Waals surface area (Å²) in [5, 5.41) is 8.05. The van der Waals surface area contributed by atoms with Gasteiger partial charge in [0.15, 0.2) is 12.4 Å². The number of rotatable bonds is 8. The van der Waals surface area contributed by atoms with Crippen LogP contribution in [-0.4, -0.2) is 45.4 Å². The SMILES string of the molecule is CCCN1C(=O)COc2ccc(C(=O)C(C)S(=O)Cc3ccc(C(=O)O)o3)cc21. The van der Waals surface area contributed by atoms with Crippen molar-refractivity contribution in [2.24, 2.45) is 0 Å². The van der Waals surface area contributed by atoms with E-state index in [1.54, 1.807) is 30.0 Å². The lowest BCUT2D eigenvalue weighted by molar-refractivity contribution is -0.121. The van der Waals surface area contributed by atoms with Gasteiger partial charge in [-0.25, -0.2) is 4.79 Å². The first-order chi connectivity index (χ1) is 13.8. The van der Waals surface area contributed by atoms with Crippen LogP contribution in [0.3, 0.4) is 0 Å². The average Bonchev–Trinajstić information content (AvgIpc) is 3.17. The first-order valence-electron chi connectivity index (χ1n) is 9.12. The zero-order valence-corrected chi connectivity index (χ0v) is 16.9. The van der Waals surface area contributed by atoms with Gasteiger partial charge in [-0.3, -0.25) is 13.8 Å². The van der Waals surface area contributed by atoms with Crippen molar-refractivity contribution < 1.29 is 32.9 Å². The number of nitrogens with zero attached hydrogens (tertiary/aromatic N) is 1. The van der Waals surface area contributed by atoms with Crippen molar-refractivity contribution in [3.8, 4) is 5.75 Å². The second-order valence-electron chi connectivity index (χ2n) is 6.62. The number of Topliss-reactive ketones (excluding diaryl/α,β-unsaturated/α-hetero) is 1. The van der Waals surface area contributed by atoms with Gasteiger partial charge in [0, 0.05) is 22.9 Å². The molecule has 154 valence electrons. The molecule has 29 heavy (non-hydrogen) atoms. The molecule has 2 unspecified atom stereocenters. The van der Waals surface area contributed by atoms with Crippen molar-refractivity contribution in [1.82, 2.24) is 0 Å². The summed E-state index contributed by atoms with van der Waals surface area (Å²) >= 11 is 0. The fourth-order valence-electron chi connectivity index (χ4n) is 3.01. The van der Waals surface area contributed by atoms with E-state index in [0.717, 1.165) is 6.42 Å². The molecule has 8 nitrogen and oxygen atoms in total. The fourth-order valence-corrected chi connectivity index (χ4v) is 4.07. The molecule has 9 heteroatoms. The number of carbonyl (C=O) groups is 3. The minimum Gasteiger partial charge on any atom is -0.482 e. The summed E-state index contributed by atoms with van der Waals surface area (Å²) in [6, 6.07) is 7.53. The van der Waals surface area contributed by atoms with Crippen LogP contribution in [0.4, 0.5) is 5.69 Å². The van der Waals surface area contributed by atoms with E-state index in [1.165, 1.54) is 12.1 Å². The number of carbonyl (C=O) groups excluding carboxylic acids is 2. The smallest absolute Gasteiger partial charge is 0.371 e. The third kappa shape index (κ3) is 4.40. The Bertz CT molecular complexity index is 981. The number of furan rings is 1. The van der Waals surface area contributed by atoms with Crippen LogP contribution >= 0.6 is 0 Å². The Labute approximate surface area is 169 Å². The van der Waals surface area contributed by atoms with E-state index in [-0.39, 0.29) is 35.6 Å². The van der Waals surface area contributed by atoms with Gasteiger partial charge in [-0.1, -0.05) is 6.92 Å². The Morgan fingerprint density at radius 3 is 2.69 bits per heavy atom. The molecule has 0 fully saturated rings. The number of carboxylic acids is 1. The van der Waals surface area contributed by atoms with Gasteiger partial charge in [0.1, 0.15) is 11.5 Å². The number of hydrogen-bond donors (Lipinski definition) is 1. The molecule has 1 amide bonds. The average molecular weight is 419 g/mol. The standard InChI is InChI=1S/C20H21NO7S/c1-3-8-21-15-9-13(4-6-16(15)27-10-18(21)22)19(23)12(2)29(26)11-14-5-7-17(28-14)20(24)25/h4-7,9,12H,3,8,10-11H2,1-2H3,(H,24,25). The first kappa shape index (κ1) is 20.8. The summed E-state index contributed by atoms with van der Waals surface area (Å²) in [6.45, 7) is 3.97. The minimum absolute atomic E-state index is 0.0395. The molecule has 2 atom stereocenters. The van der Waals surface area contributed by atoms with Crippen LogP contribution in [0.25, 0.3) is 0 Å². The van der Waals surface area contributed by atoms with E-state index >= 15 is 0 Å². The van der Waals surface area contributed by atoms with Crippen LogP contribution < -0.4 is 9.64 Å². The highest BCUT2D eigenvalue weighted by atomic mass is 32.2. The zero-order chi connectivity index (χ0) is 21.1. The van der Waals surface area contributed by atoms with Gasteiger partial charge >= 0.3 is 5.97 Å². The maximum Gasteiger partial charge on any atom is 0.371 e. The zero-order valence-electron chi connectivity index (χ0n) is 16.0. The number of benzene rings is 1. The summed E-state index contributed by atoms with van der Waals surface area (Å²) in [7, 11) is -1.62. The number of anilines is 1. The monoisotopic (exact) mass is 419 g/mol. The highest BCUT2D eigenvalue weighted by Gasteiger charge is 2.28. The molecule has 0 spiro atoms. The van der Waals surface area contributed by atoms with Crippen LogP contribution in [0.15, 0.2) is 34.7 Å². The van der Waals surface area contributed by atoms with Gasteiger partial charge in [0.05, 0.1) is 16.7 Å². The lowest BCUT2D eigenvalue weighted by Gasteiger charge is -2.29. The number of fused-ring (bicyclic) bond motifs is 1. The number of aromatic carboxylic acids is 1. The van der Waals surface area contributed by atoms with E-state index in [2.05, 4.69) is 0 Å². The highest BCUT2D eigenvalue weighted by molar-refractivity contribution is 7.85. The molecule has 0 saturated heterocycles. The largest absolute Gasteiger partial charge is 0.482 e. The Kier molecular flexibility index (Phi) is 6.17. The van der Waals surface area contributed by atoms with Gasteiger partial charge in [-0.2, -0.15) is 0 Å². The maximum absolute atomic E-state index is 12.9. The Hall–Kier alpha value is -2.94. The molecule has 1 aliphatic rings. The predicted molar refractivity (Wildman–Crippen MR) is 106 cm³/mol. The molecule has 1 aromatic carbocycles. The lowest BCUT2D eigenvalue weighted by atomic mass is 10.1. The molecule has 1 aromatic heterocycles. The molecule has 0 radical (unpaired) electrons. The number of ether oxygens (including phenoxy) is 1. The van der Waals surface area contributed by atoms with Crippen molar-refractivity contribution in [3.63, 3.8) is 0 Å². The molecule has 1 aliphatic heterocycles. The molecule has 2 aromatic rings. The van der Waals surface area contributed by atoms with Crippen LogP contribution in [0.5, 0.6) is 5.75 Å². The van der Waals surface area contributed by atoms with Gasteiger partial charge in [-0.15, -0.1) is 0 Å². The van der Waals surface area contributed by atoms with E-state index in [0.29, 0.717) is 23.5 Å². The molecule has 1 N–H and O–H groups in total. The van der Waals surface area contributed by atoms with Gasteiger partial charge in [-0.05, 0) is 43.7 Å². The summed E-state index contributed by atoms with van der Waals surface area (Å²) in [5.74, 6) is -1.29. The van der Waals surface area contributed by atoms with Gasteiger partial charge in [0.2, 0.25) is 5.76 Å². The topological polar surface area (TPSA) is 114 Å². The third-order valence-corrected chi connectivity index (χ3v) is 6.13. The number of hydrogen-bond acceptors (Lipinski definition) is 6. The number of carboxylic acid groups (broad SMARTS) is 1. The van der Waals surface area contributed by atoms with Crippen LogP contribution in [0.2, 0.25) is 0 Å². The lowest BCUT2D eigenvalue weighted by Crippen LogP contribution is -2.39. The maximum atomic E-state index is 12.9. The van der Waals surface area contributed by atoms with Crippen molar-refractivity contribution in [3.05, 3.63) is 47.4 Å². The Morgan fingerprint density at radius 2 is 2.03 bits per heavy atom. The van der Waals surface area contributed by atoms with E-state index in [9.17, 15) is 18.6 Å².